The van der Waals surface area contributed by atoms with Gasteiger partial charge in [-0.3, -0.25) is 0 Å². The van der Waals surface area contributed by atoms with Crippen molar-refractivity contribution in [1.82, 2.24) is 0 Å². The molecule has 0 saturated carbocycles. The van der Waals surface area contributed by atoms with Gasteiger partial charge in [0, 0.05) is 5.20 Å². The van der Waals surface area contributed by atoms with Crippen molar-refractivity contribution in [1.29, 1.82) is 0 Å². The van der Waals surface area contributed by atoms with Crippen LogP contribution in [-0.2, 0) is 19.1 Å². The van der Waals surface area contributed by atoms with E-state index in [2.05, 4.69) is 41.5 Å². The Hall–Kier alpha value is -1.36. The highest BCUT2D eigenvalue weighted by atomic mass is 28.3. The van der Waals surface area contributed by atoms with E-state index >= 15 is 0 Å². The Kier molecular flexibility index (Phi) is 5.07. The van der Waals surface area contributed by atoms with Crippen LogP contribution in [0.3, 0.4) is 0 Å². The fourth-order valence-electron chi connectivity index (χ4n) is 4.88. The average Bonchev–Trinajstić information content (AvgIpc) is 2.64. The van der Waals surface area contributed by atoms with E-state index < -0.39 is 8.07 Å². The molecule has 1 heterocycles. The lowest BCUT2D eigenvalue weighted by molar-refractivity contribution is -0.136. The van der Waals surface area contributed by atoms with Gasteiger partial charge in [0.1, 0.15) is 8.07 Å². The summed E-state index contributed by atoms with van der Waals surface area (Å²) < 4.78 is 10.1. The second-order valence-corrected chi connectivity index (χ2v) is 14.0. The van der Waals surface area contributed by atoms with E-state index in [0.29, 0.717) is 10.8 Å². The number of carbonyl (C=O) groups excluding carboxylic acids is 2. The average molecular weight is 339 g/mol. The lowest BCUT2D eigenvalue weighted by atomic mass is 10.1. The molecule has 0 aromatic rings. The second-order valence-electron chi connectivity index (χ2n) is 8.23. The summed E-state index contributed by atoms with van der Waals surface area (Å²) >= 11 is 0. The van der Waals surface area contributed by atoms with Crippen molar-refractivity contribution in [3.63, 3.8) is 0 Å². The van der Waals surface area contributed by atoms with Crippen LogP contribution in [-0.4, -0.2) is 34.2 Å². The molecular weight excluding hydrogens is 308 g/mol. The zero-order valence-electron chi connectivity index (χ0n) is 16.1. The van der Waals surface area contributed by atoms with Crippen LogP contribution in [0.5, 0.6) is 0 Å². The van der Waals surface area contributed by atoms with Crippen LogP contribution in [0.2, 0.25) is 10.1 Å². The molecule has 0 fully saturated rings. The first kappa shape index (κ1) is 19.7. The first-order valence-electron chi connectivity index (χ1n) is 7.88. The van der Waals surface area contributed by atoms with Crippen molar-refractivity contribution < 1.29 is 19.1 Å². The van der Waals surface area contributed by atoms with E-state index in [4.69, 9.17) is 9.47 Å². The summed E-state index contributed by atoms with van der Waals surface area (Å²) in [5, 5.41) is 1.41. The Balaban J connectivity index is 4.01. The Bertz CT molecular complexity index is 583. The minimum absolute atomic E-state index is 0.157. The van der Waals surface area contributed by atoms with Crippen molar-refractivity contribution in [3.05, 3.63) is 21.5 Å². The number of hydrogen-bond acceptors (Lipinski definition) is 4. The molecule has 130 valence electrons. The molecule has 0 aromatic carbocycles. The maximum absolute atomic E-state index is 12.7. The van der Waals surface area contributed by atoms with Gasteiger partial charge in [-0.05, 0) is 29.5 Å². The summed E-state index contributed by atoms with van der Waals surface area (Å²) in [6, 6.07) is 0. The van der Waals surface area contributed by atoms with Gasteiger partial charge in [0.05, 0.1) is 19.8 Å². The van der Waals surface area contributed by atoms with Crippen LogP contribution in [0.4, 0.5) is 0 Å². The van der Waals surface area contributed by atoms with Gasteiger partial charge in [0.25, 0.3) is 0 Å². The molecule has 0 saturated heterocycles. The van der Waals surface area contributed by atoms with E-state index in [1.165, 1.54) is 14.2 Å². The molecule has 0 bridgehead atoms. The van der Waals surface area contributed by atoms with Crippen LogP contribution < -0.4 is 0 Å². The Morgan fingerprint density at radius 3 is 1.52 bits per heavy atom. The second kappa shape index (κ2) is 5.93. The molecule has 0 radical (unpaired) electrons. The van der Waals surface area contributed by atoms with E-state index in [1.54, 1.807) is 0 Å². The van der Waals surface area contributed by atoms with Crippen molar-refractivity contribution in [3.8, 4) is 0 Å². The number of methoxy groups -OCH3 is 2. The topological polar surface area (TPSA) is 52.6 Å². The molecule has 0 N–H and O–H groups in total. The molecule has 0 aromatic heterocycles. The lowest BCUT2D eigenvalue weighted by Crippen LogP contribution is -2.56. The molecule has 1 aliphatic rings. The highest BCUT2D eigenvalue weighted by Crippen LogP contribution is 2.62. The maximum atomic E-state index is 12.7. The molecule has 0 aliphatic carbocycles. The van der Waals surface area contributed by atoms with Gasteiger partial charge in [0.15, 0.2) is 0 Å². The largest absolute Gasteiger partial charge is 0.466 e. The summed E-state index contributed by atoms with van der Waals surface area (Å²) in [5.41, 5.74) is 1.28. The van der Waals surface area contributed by atoms with Crippen LogP contribution >= 0.6 is 0 Å². The van der Waals surface area contributed by atoms with Crippen LogP contribution in [0.25, 0.3) is 0 Å². The van der Waals surface area contributed by atoms with Crippen LogP contribution in [0.1, 0.15) is 55.4 Å². The van der Waals surface area contributed by atoms with E-state index in [-0.39, 0.29) is 22.0 Å². The minimum Gasteiger partial charge on any atom is -0.466 e. The van der Waals surface area contributed by atoms with Gasteiger partial charge in [-0.1, -0.05) is 46.7 Å². The zero-order valence-corrected chi connectivity index (χ0v) is 17.1. The summed E-state index contributed by atoms with van der Waals surface area (Å²) in [6.07, 6.45) is 0. The van der Waals surface area contributed by atoms with Gasteiger partial charge in [-0.15, -0.1) is 0 Å². The fourth-order valence-corrected chi connectivity index (χ4v) is 13.0. The first-order chi connectivity index (χ1) is 10.3. The Morgan fingerprint density at radius 1 is 0.826 bits per heavy atom. The monoisotopic (exact) mass is 338 g/mol. The van der Waals surface area contributed by atoms with E-state index in [0.717, 1.165) is 10.8 Å². The number of allylic oxidation sites excluding steroid dienone is 1. The third-order valence-corrected chi connectivity index (χ3v) is 12.3. The third-order valence-electron chi connectivity index (χ3n) is 5.09. The van der Waals surface area contributed by atoms with Crippen molar-refractivity contribution in [2.45, 2.75) is 65.5 Å². The molecule has 1 aliphatic heterocycles. The van der Waals surface area contributed by atoms with Crippen LogP contribution in [0.15, 0.2) is 21.5 Å². The fraction of sp³-hybridized carbons (Fsp3) is 0.667. The van der Waals surface area contributed by atoms with Crippen molar-refractivity contribution >= 4 is 20.0 Å². The van der Waals surface area contributed by atoms with Gasteiger partial charge >= 0.3 is 11.9 Å². The highest BCUT2D eigenvalue weighted by Gasteiger charge is 2.63. The number of rotatable bonds is 2. The normalized spacial score (nSPS) is 18.3. The summed E-state index contributed by atoms with van der Waals surface area (Å²) in [4.78, 5) is 25.1. The van der Waals surface area contributed by atoms with Gasteiger partial charge < -0.3 is 9.47 Å². The predicted octanol–water partition coefficient (Wildman–Crippen LogP) is 4.11. The third kappa shape index (κ3) is 2.59. The Morgan fingerprint density at radius 2 is 1.22 bits per heavy atom. The van der Waals surface area contributed by atoms with Gasteiger partial charge in [0.2, 0.25) is 0 Å². The SMILES string of the molecule is COC(=O)C1=C(C)[Si](C(C)(C)C)(C(C)(C)C)C(C(=O)OC)=C1C. The summed E-state index contributed by atoms with van der Waals surface area (Å²) in [5.74, 6) is -0.693. The van der Waals surface area contributed by atoms with Gasteiger partial charge in [-0.2, -0.15) is 0 Å². The molecule has 0 amide bonds. The molecular formula is C18H30O4Si. The van der Waals surface area contributed by atoms with Crippen molar-refractivity contribution in [2.75, 3.05) is 14.2 Å². The van der Waals surface area contributed by atoms with Crippen molar-refractivity contribution in [2.24, 2.45) is 0 Å². The molecule has 1 rings (SSSR count). The molecule has 0 unspecified atom stereocenters. The van der Waals surface area contributed by atoms with Gasteiger partial charge in [-0.25, -0.2) is 9.59 Å². The number of esters is 2. The highest BCUT2D eigenvalue weighted by molar-refractivity contribution is 7.01. The molecule has 5 heteroatoms. The standard InChI is InChI=1S/C18H30O4Si/c1-11-13(15(19)21-9)12(2)23(17(3,4)5,18(6,7)8)14(11)16(20)22-10/h1-10H3. The van der Waals surface area contributed by atoms with E-state index in [9.17, 15) is 9.59 Å². The van der Waals surface area contributed by atoms with E-state index in [1.807, 2.05) is 13.8 Å². The molecule has 0 spiro atoms. The number of ether oxygens (including phenoxy) is 2. The molecule has 23 heavy (non-hydrogen) atoms. The number of carbonyl (C=O) groups is 2. The molecule has 0 atom stereocenters. The Labute approximate surface area is 140 Å². The summed E-state index contributed by atoms with van der Waals surface area (Å²) in [7, 11) is 0.206. The maximum Gasteiger partial charge on any atom is 0.337 e. The summed E-state index contributed by atoms with van der Waals surface area (Å²) in [6.45, 7) is 16.8. The lowest BCUT2D eigenvalue weighted by Gasteiger charge is -2.51. The predicted molar refractivity (Wildman–Crippen MR) is 94.6 cm³/mol. The smallest absolute Gasteiger partial charge is 0.337 e. The zero-order chi connectivity index (χ0) is 18.4. The molecule has 4 nitrogen and oxygen atoms in total. The first-order valence-corrected chi connectivity index (χ1v) is 9.88. The quantitative estimate of drug-likeness (QED) is 0.562. The number of hydrogen-bond donors (Lipinski definition) is 0. The van der Waals surface area contributed by atoms with Crippen LogP contribution in [0, 0.1) is 0 Å². The minimum atomic E-state index is -2.57.